The summed E-state index contributed by atoms with van der Waals surface area (Å²) in [6.07, 6.45) is -2.70. The molecule has 11 heavy (non-hydrogen) atoms. The van der Waals surface area contributed by atoms with Crippen LogP contribution in [0, 0.1) is 0 Å². The van der Waals surface area contributed by atoms with E-state index >= 15 is 0 Å². The Bertz CT molecular complexity index is 117. The maximum absolute atomic E-state index is 12.8. The van der Waals surface area contributed by atoms with Gasteiger partial charge in [-0.1, -0.05) is 0 Å². The third-order valence-corrected chi connectivity index (χ3v) is 1.94. The second-order valence-electron chi connectivity index (χ2n) is 2.68. The molecule has 0 aromatic rings. The highest BCUT2D eigenvalue weighted by Crippen LogP contribution is 2.16. The van der Waals surface area contributed by atoms with Gasteiger partial charge in [0.2, 0.25) is 0 Å². The monoisotopic (exact) mass is 165 g/mol. The maximum atomic E-state index is 12.8. The van der Waals surface area contributed by atoms with Crippen LogP contribution in [0.4, 0.5) is 4.39 Å². The first-order valence-corrected chi connectivity index (χ1v) is 3.50. The Balaban J connectivity index is 2.53. The van der Waals surface area contributed by atoms with E-state index in [4.69, 9.17) is 15.3 Å². The van der Waals surface area contributed by atoms with Crippen molar-refractivity contribution in [3.8, 4) is 0 Å². The summed E-state index contributed by atoms with van der Waals surface area (Å²) < 4.78 is 12.8. The van der Waals surface area contributed by atoms with E-state index in [1.54, 1.807) is 0 Å². The lowest BCUT2D eigenvalue weighted by molar-refractivity contribution is 0.0625. The lowest BCUT2D eigenvalue weighted by atomic mass is 10.1. The van der Waals surface area contributed by atoms with Crippen LogP contribution in [0.5, 0.6) is 0 Å². The van der Waals surface area contributed by atoms with Crippen molar-refractivity contribution in [3.63, 3.8) is 0 Å². The topological polar surface area (TPSA) is 72.7 Å². The molecule has 1 rings (SSSR count). The van der Waals surface area contributed by atoms with E-state index in [0.29, 0.717) is 0 Å². The molecule has 1 saturated heterocycles. The fraction of sp³-hybridized carbons (Fsp3) is 1.00. The van der Waals surface area contributed by atoms with Crippen molar-refractivity contribution in [1.82, 2.24) is 5.32 Å². The molecular weight excluding hydrogens is 153 g/mol. The Morgan fingerprint density at radius 1 is 1.18 bits per heavy atom. The van der Waals surface area contributed by atoms with Crippen molar-refractivity contribution in [2.75, 3.05) is 13.2 Å². The minimum absolute atomic E-state index is 0.321. The van der Waals surface area contributed by atoms with Crippen molar-refractivity contribution >= 4 is 0 Å². The molecule has 0 spiro atoms. The molecule has 0 radical (unpaired) electrons. The number of hydrogen-bond donors (Lipinski definition) is 4. The summed E-state index contributed by atoms with van der Waals surface area (Å²) >= 11 is 0. The molecule has 1 heterocycles. The number of nitrogens with one attached hydrogen (secondary N) is 1. The molecule has 0 bridgehead atoms. The fourth-order valence-electron chi connectivity index (χ4n) is 1.24. The maximum Gasteiger partial charge on any atom is 0.145 e. The zero-order valence-electron chi connectivity index (χ0n) is 5.94. The molecule has 0 amide bonds. The molecule has 1 aliphatic heterocycles. The highest BCUT2D eigenvalue weighted by atomic mass is 19.1. The summed E-state index contributed by atoms with van der Waals surface area (Å²) in [5.74, 6) is 0. The standard InChI is InChI=1S/C6H12FNO3/c7-5-3(1-9)8-4(2-10)6(5)11/h3-6,8-11H,1-2H2. The van der Waals surface area contributed by atoms with Gasteiger partial charge in [0.15, 0.2) is 0 Å². The zero-order valence-corrected chi connectivity index (χ0v) is 5.94. The van der Waals surface area contributed by atoms with Gasteiger partial charge in [-0.15, -0.1) is 0 Å². The average molecular weight is 165 g/mol. The van der Waals surface area contributed by atoms with Gasteiger partial charge in [0.1, 0.15) is 12.3 Å². The lowest BCUT2D eigenvalue weighted by Gasteiger charge is -2.10. The SMILES string of the molecule is OCC1NC(CO)C(F)C1O. The lowest BCUT2D eigenvalue weighted by Crippen LogP contribution is -2.37. The highest BCUT2D eigenvalue weighted by Gasteiger charge is 2.41. The molecule has 5 heteroatoms. The molecule has 66 valence electrons. The summed E-state index contributed by atoms with van der Waals surface area (Å²) in [5.41, 5.74) is 0. The van der Waals surface area contributed by atoms with Crippen LogP contribution in [0.15, 0.2) is 0 Å². The van der Waals surface area contributed by atoms with Crippen LogP contribution in [0.2, 0.25) is 0 Å². The quantitative estimate of drug-likeness (QED) is 0.382. The fourth-order valence-corrected chi connectivity index (χ4v) is 1.24. The van der Waals surface area contributed by atoms with E-state index in [0.717, 1.165) is 0 Å². The van der Waals surface area contributed by atoms with E-state index in [1.165, 1.54) is 0 Å². The van der Waals surface area contributed by atoms with Gasteiger partial charge in [-0.3, -0.25) is 0 Å². The van der Waals surface area contributed by atoms with Gasteiger partial charge in [0.05, 0.1) is 25.3 Å². The predicted molar refractivity (Wildman–Crippen MR) is 35.8 cm³/mol. The Morgan fingerprint density at radius 2 is 1.73 bits per heavy atom. The Kier molecular flexibility index (Phi) is 2.78. The van der Waals surface area contributed by atoms with E-state index in [1.807, 2.05) is 0 Å². The first-order chi connectivity index (χ1) is 5.20. The number of rotatable bonds is 2. The Labute approximate surface area is 63.7 Å². The summed E-state index contributed by atoms with van der Waals surface area (Å²) in [7, 11) is 0. The molecule has 4 N–H and O–H groups in total. The van der Waals surface area contributed by atoms with Gasteiger partial charge in [0, 0.05) is 0 Å². The Hall–Kier alpha value is -0.230. The third-order valence-electron chi connectivity index (χ3n) is 1.94. The van der Waals surface area contributed by atoms with E-state index in [-0.39, 0.29) is 13.2 Å². The van der Waals surface area contributed by atoms with E-state index in [2.05, 4.69) is 5.32 Å². The molecule has 0 aromatic carbocycles. The molecule has 4 unspecified atom stereocenters. The number of aliphatic hydroxyl groups excluding tert-OH is 3. The third kappa shape index (κ3) is 1.51. The highest BCUT2D eigenvalue weighted by molar-refractivity contribution is 4.97. The first-order valence-electron chi connectivity index (χ1n) is 3.50. The van der Waals surface area contributed by atoms with Crippen LogP contribution in [0.25, 0.3) is 0 Å². The smallest absolute Gasteiger partial charge is 0.145 e. The molecule has 0 aliphatic carbocycles. The molecule has 0 aromatic heterocycles. The van der Waals surface area contributed by atoms with Crippen molar-refractivity contribution in [2.45, 2.75) is 24.4 Å². The van der Waals surface area contributed by atoms with E-state index in [9.17, 15) is 4.39 Å². The largest absolute Gasteiger partial charge is 0.395 e. The number of hydrogen-bond acceptors (Lipinski definition) is 4. The minimum atomic E-state index is -1.49. The molecule has 4 atom stereocenters. The summed E-state index contributed by atoms with van der Waals surface area (Å²) in [5, 5.41) is 28.8. The van der Waals surface area contributed by atoms with E-state index < -0.39 is 24.4 Å². The van der Waals surface area contributed by atoms with Gasteiger partial charge in [-0.05, 0) is 0 Å². The van der Waals surface area contributed by atoms with Crippen LogP contribution in [-0.4, -0.2) is 52.9 Å². The number of aliphatic hydroxyl groups is 3. The molecule has 4 nitrogen and oxygen atoms in total. The van der Waals surface area contributed by atoms with Crippen molar-refractivity contribution in [1.29, 1.82) is 0 Å². The van der Waals surface area contributed by atoms with Gasteiger partial charge in [-0.25, -0.2) is 4.39 Å². The number of alkyl halides is 1. The van der Waals surface area contributed by atoms with Crippen LogP contribution in [0.1, 0.15) is 0 Å². The molecule has 0 saturated carbocycles. The van der Waals surface area contributed by atoms with Gasteiger partial charge in [-0.2, -0.15) is 0 Å². The van der Waals surface area contributed by atoms with Gasteiger partial charge >= 0.3 is 0 Å². The molecule has 1 fully saturated rings. The summed E-state index contributed by atoms with van der Waals surface area (Å²) in [4.78, 5) is 0. The molecule has 1 aliphatic rings. The van der Waals surface area contributed by atoms with Crippen molar-refractivity contribution < 1.29 is 19.7 Å². The second-order valence-corrected chi connectivity index (χ2v) is 2.68. The predicted octanol–water partition coefficient (Wildman–Crippen LogP) is -1.99. The van der Waals surface area contributed by atoms with Crippen molar-refractivity contribution in [2.24, 2.45) is 0 Å². The number of halogens is 1. The first kappa shape index (κ1) is 8.86. The summed E-state index contributed by atoms with van der Waals surface area (Å²) in [6, 6.07) is -1.40. The van der Waals surface area contributed by atoms with Crippen LogP contribution >= 0.6 is 0 Å². The normalized spacial score (nSPS) is 44.7. The Morgan fingerprint density at radius 3 is 2.00 bits per heavy atom. The van der Waals surface area contributed by atoms with Crippen LogP contribution in [0.3, 0.4) is 0 Å². The van der Waals surface area contributed by atoms with Crippen LogP contribution in [-0.2, 0) is 0 Å². The summed E-state index contributed by atoms with van der Waals surface area (Å²) in [6.45, 7) is -0.688. The van der Waals surface area contributed by atoms with Crippen LogP contribution < -0.4 is 5.32 Å². The molecular formula is C6H12FNO3. The minimum Gasteiger partial charge on any atom is -0.395 e. The zero-order chi connectivity index (χ0) is 8.43. The van der Waals surface area contributed by atoms with Crippen molar-refractivity contribution in [3.05, 3.63) is 0 Å². The van der Waals surface area contributed by atoms with Gasteiger partial charge < -0.3 is 20.6 Å². The second kappa shape index (κ2) is 3.44. The average Bonchev–Trinajstić information content (AvgIpc) is 2.30. The van der Waals surface area contributed by atoms with Gasteiger partial charge in [0.25, 0.3) is 0 Å².